The lowest BCUT2D eigenvalue weighted by molar-refractivity contribution is 0.575. The minimum atomic E-state index is 0.442. The fourth-order valence-corrected chi connectivity index (χ4v) is 0.834. The van der Waals surface area contributed by atoms with E-state index < -0.39 is 0 Å². The van der Waals surface area contributed by atoms with E-state index in [1.807, 2.05) is 0 Å². The Morgan fingerprint density at radius 3 is 2.25 bits per heavy atom. The van der Waals surface area contributed by atoms with Gasteiger partial charge in [0.1, 0.15) is 0 Å². The predicted octanol–water partition coefficient (Wildman–Crippen LogP) is 0.0840. The van der Waals surface area contributed by atoms with Crippen LogP contribution in [0.2, 0.25) is 0 Å². The molecule has 0 heterocycles. The second kappa shape index (κ2) is 2.03. The van der Waals surface area contributed by atoms with Gasteiger partial charge >= 0.3 is 0 Å². The first-order chi connectivity index (χ1) is 3.70. The Balaban J connectivity index is 2.05. The Labute approximate surface area is 50.4 Å². The van der Waals surface area contributed by atoms with E-state index in [0.717, 1.165) is 6.42 Å². The van der Waals surface area contributed by atoms with Crippen LogP contribution in [0.4, 0.5) is 0 Å². The highest BCUT2D eigenvalue weighted by Crippen LogP contribution is 2.17. The molecule has 2 heteroatoms. The molecule has 2 atom stereocenters. The van der Waals surface area contributed by atoms with Crippen molar-refractivity contribution in [1.29, 1.82) is 0 Å². The van der Waals surface area contributed by atoms with Gasteiger partial charge in [-0.1, -0.05) is 13.8 Å². The Hall–Kier alpha value is -0.0800. The van der Waals surface area contributed by atoms with Crippen molar-refractivity contribution in [2.24, 2.45) is 5.73 Å². The number of hydrogen-bond acceptors (Lipinski definition) is 2. The molecule has 1 unspecified atom stereocenters. The van der Waals surface area contributed by atoms with Crippen molar-refractivity contribution in [1.82, 2.24) is 5.32 Å². The first-order valence-electron chi connectivity index (χ1n) is 3.22. The topological polar surface area (TPSA) is 38.0 Å². The molecule has 0 aliphatic heterocycles. The van der Waals surface area contributed by atoms with Crippen molar-refractivity contribution >= 4 is 0 Å². The lowest BCUT2D eigenvalue weighted by atomic mass is 10.4. The molecule has 0 saturated heterocycles. The summed E-state index contributed by atoms with van der Waals surface area (Å²) in [6.07, 6.45) is 1.16. The first kappa shape index (κ1) is 6.05. The van der Waals surface area contributed by atoms with Gasteiger partial charge in [0.2, 0.25) is 0 Å². The molecule has 1 fully saturated rings. The van der Waals surface area contributed by atoms with Crippen LogP contribution in [0.25, 0.3) is 0 Å². The summed E-state index contributed by atoms with van der Waals surface area (Å²) in [6, 6.07) is 1.65. The third kappa shape index (κ3) is 1.46. The highest BCUT2D eigenvalue weighted by molar-refractivity contribution is 4.97. The van der Waals surface area contributed by atoms with Crippen LogP contribution >= 0.6 is 0 Å². The second-order valence-corrected chi connectivity index (χ2v) is 2.83. The predicted molar refractivity (Wildman–Crippen MR) is 34.7 cm³/mol. The SMILES string of the molecule is CC(C)NC1C[C@@H]1N. The van der Waals surface area contributed by atoms with E-state index in [1.165, 1.54) is 0 Å². The minimum absolute atomic E-state index is 0.442. The van der Waals surface area contributed by atoms with Crippen LogP contribution in [0.1, 0.15) is 20.3 Å². The summed E-state index contributed by atoms with van der Waals surface area (Å²) in [6.45, 7) is 4.29. The van der Waals surface area contributed by atoms with Crippen molar-refractivity contribution < 1.29 is 0 Å². The Morgan fingerprint density at radius 2 is 2.12 bits per heavy atom. The van der Waals surface area contributed by atoms with Gasteiger partial charge < -0.3 is 11.1 Å². The van der Waals surface area contributed by atoms with E-state index >= 15 is 0 Å². The molecular weight excluding hydrogens is 100 g/mol. The Bertz CT molecular complexity index is 80.6. The summed E-state index contributed by atoms with van der Waals surface area (Å²) >= 11 is 0. The highest BCUT2D eigenvalue weighted by atomic mass is 15.0. The third-order valence-electron chi connectivity index (χ3n) is 1.39. The molecule has 1 rings (SSSR count). The normalized spacial score (nSPS) is 36.0. The van der Waals surface area contributed by atoms with E-state index in [4.69, 9.17) is 5.73 Å². The Kier molecular flexibility index (Phi) is 1.54. The zero-order chi connectivity index (χ0) is 6.15. The highest BCUT2D eigenvalue weighted by Gasteiger charge is 2.32. The number of hydrogen-bond donors (Lipinski definition) is 2. The molecular formula is C6H14N2. The fourth-order valence-electron chi connectivity index (χ4n) is 0.834. The van der Waals surface area contributed by atoms with Crippen LogP contribution in [0.15, 0.2) is 0 Å². The van der Waals surface area contributed by atoms with E-state index in [9.17, 15) is 0 Å². The standard InChI is InChI=1S/C6H14N2/c1-4(2)8-6-3-5(6)7/h4-6,8H,3,7H2,1-2H3/t5-,6?/m0/s1. The molecule has 0 bridgehead atoms. The van der Waals surface area contributed by atoms with Gasteiger partial charge in [0, 0.05) is 18.1 Å². The van der Waals surface area contributed by atoms with Gasteiger partial charge in [-0.05, 0) is 6.42 Å². The summed E-state index contributed by atoms with van der Waals surface area (Å²) in [5, 5.41) is 3.34. The monoisotopic (exact) mass is 114 g/mol. The summed E-state index contributed by atoms with van der Waals surface area (Å²) < 4.78 is 0. The first-order valence-corrected chi connectivity index (χ1v) is 3.22. The fraction of sp³-hybridized carbons (Fsp3) is 1.00. The minimum Gasteiger partial charge on any atom is -0.326 e. The van der Waals surface area contributed by atoms with E-state index in [2.05, 4.69) is 19.2 Å². The molecule has 48 valence electrons. The summed E-state index contributed by atoms with van der Waals surface area (Å²) in [4.78, 5) is 0. The number of nitrogens with one attached hydrogen (secondary N) is 1. The van der Waals surface area contributed by atoms with E-state index in [-0.39, 0.29) is 0 Å². The van der Waals surface area contributed by atoms with E-state index in [1.54, 1.807) is 0 Å². The van der Waals surface area contributed by atoms with Crippen molar-refractivity contribution in [2.45, 2.75) is 38.4 Å². The van der Waals surface area contributed by atoms with E-state index in [0.29, 0.717) is 18.1 Å². The molecule has 1 aliphatic carbocycles. The average Bonchev–Trinajstić information content (AvgIpc) is 2.17. The summed E-state index contributed by atoms with van der Waals surface area (Å²) in [7, 11) is 0. The van der Waals surface area contributed by atoms with Gasteiger partial charge in [-0.15, -0.1) is 0 Å². The lowest BCUT2D eigenvalue weighted by Crippen LogP contribution is -2.29. The smallest absolute Gasteiger partial charge is 0.0237 e. The maximum atomic E-state index is 5.55. The molecule has 3 N–H and O–H groups in total. The van der Waals surface area contributed by atoms with Gasteiger partial charge in [-0.3, -0.25) is 0 Å². The molecule has 0 aromatic rings. The third-order valence-corrected chi connectivity index (χ3v) is 1.39. The molecule has 0 spiro atoms. The molecule has 1 aliphatic rings. The van der Waals surface area contributed by atoms with Gasteiger partial charge in [0.15, 0.2) is 0 Å². The van der Waals surface area contributed by atoms with Crippen molar-refractivity contribution in [2.75, 3.05) is 0 Å². The zero-order valence-corrected chi connectivity index (χ0v) is 5.52. The summed E-state index contributed by atoms with van der Waals surface area (Å²) in [5.41, 5.74) is 5.55. The maximum Gasteiger partial charge on any atom is 0.0237 e. The summed E-state index contributed by atoms with van der Waals surface area (Å²) in [5.74, 6) is 0. The van der Waals surface area contributed by atoms with Gasteiger partial charge in [-0.2, -0.15) is 0 Å². The van der Waals surface area contributed by atoms with Gasteiger partial charge in [-0.25, -0.2) is 0 Å². The lowest BCUT2D eigenvalue weighted by Gasteiger charge is -2.04. The number of nitrogens with two attached hydrogens (primary N) is 1. The molecule has 2 nitrogen and oxygen atoms in total. The van der Waals surface area contributed by atoms with Crippen molar-refractivity contribution in [3.63, 3.8) is 0 Å². The van der Waals surface area contributed by atoms with Crippen LogP contribution in [-0.2, 0) is 0 Å². The largest absolute Gasteiger partial charge is 0.326 e. The van der Waals surface area contributed by atoms with Gasteiger partial charge in [0.05, 0.1) is 0 Å². The average molecular weight is 114 g/mol. The van der Waals surface area contributed by atoms with Crippen LogP contribution < -0.4 is 11.1 Å². The zero-order valence-electron chi connectivity index (χ0n) is 5.52. The van der Waals surface area contributed by atoms with Crippen LogP contribution in [0, 0.1) is 0 Å². The Morgan fingerprint density at radius 1 is 1.62 bits per heavy atom. The number of rotatable bonds is 2. The molecule has 0 aromatic heterocycles. The molecule has 0 aromatic carbocycles. The van der Waals surface area contributed by atoms with Crippen LogP contribution in [-0.4, -0.2) is 18.1 Å². The second-order valence-electron chi connectivity index (χ2n) is 2.83. The van der Waals surface area contributed by atoms with Gasteiger partial charge in [0.25, 0.3) is 0 Å². The van der Waals surface area contributed by atoms with Crippen molar-refractivity contribution in [3.05, 3.63) is 0 Å². The molecule has 0 radical (unpaired) electrons. The molecule has 0 amide bonds. The molecule has 1 saturated carbocycles. The van der Waals surface area contributed by atoms with Crippen LogP contribution in [0.3, 0.4) is 0 Å². The van der Waals surface area contributed by atoms with Crippen LogP contribution in [0.5, 0.6) is 0 Å². The quantitative estimate of drug-likeness (QED) is 0.533. The van der Waals surface area contributed by atoms with Crippen molar-refractivity contribution in [3.8, 4) is 0 Å². The molecule has 8 heavy (non-hydrogen) atoms. The maximum absolute atomic E-state index is 5.55.